The summed E-state index contributed by atoms with van der Waals surface area (Å²) in [5.41, 5.74) is 2.09. The molecule has 2 unspecified atom stereocenters. The van der Waals surface area contributed by atoms with E-state index in [2.05, 4.69) is 31.6 Å². The molecule has 1 N–H and O–H groups in total. The van der Waals surface area contributed by atoms with Crippen molar-refractivity contribution in [3.05, 3.63) is 83.9 Å². The number of rotatable bonds is 4. The van der Waals surface area contributed by atoms with E-state index in [1.165, 1.54) is 0 Å². The van der Waals surface area contributed by atoms with Crippen LogP contribution >= 0.6 is 0 Å². The van der Waals surface area contributed by atoms with Gasteiger partial charge in [0.15, 0.2) is 0 Å². The third-order valence-electron chi connectivity index (χ3n) is 6.08. The lowest BCUT2D eigenvalue weighted by molar-refractivity contribution is -0.926. The van der Waals surface area contributed by atoms with Gasteiger partial charge in [-0.25, -0.2) is 4.79 Å². The molecule has 4 heteroatoms. The molecule has 2 aromatic carbocycles. The van der Waals surface area contributed by atoms with Gasteiger partial charge in [0.05, 0.1) is 20.1 Å². The van der Waals surface area contributed by atoms with Crippen molar-refractivity contribution in [3.63, 3.8) is 0 Å². The van der Waals surface area contributed by atoms with Crippen LogP contribution in [0, 0.1) is 0 Å². The molecule has 2 bridgehead atoms. The molecule has 0 aliphatic carbocycles. The largest absolute Gasteiger partial charge is 0.446 e. The molecule has 2 aliphatic rings. The Labute approximate surface area is 161 Å². The highest BCUT2D eigenvalue weighted by atomic mass is 16.6. The van der Waals surface area contributed by atoms with Gasteiger partial charge in [-0.3, -0.25) is 0 Å². The maximum Gasteiger partial charge on any atom is 0.408 e. The topological polar surface area (TPSA) is 38.3 Å². The van der Waals surface area contributed by atoms with E-state index in [0.29, 0.717) is 12.1 Å². The highest BCUT2D eigenvalue weighted by Gasteiger charge is 2.46. The molecule has 27 heavy (non-hydrogen) atoms. The minimum absolute atomic E-state index is 0.0339. The maximum absolute atomic E-state index is 12.7. The number of ether oxygens (including phenoxy) is 1. The zero-order valence-corrected chi connectivity index (χ0v) is 15.9. The van der Waals surface area contributed by atoms with Gasteiger partial charge in [0.2, 0.25) is 0 Å². The standard InChI is InChI=1S/C23H26N2O2/c1-25(2)19-13-14-20(25)16-21(15-19)27-23(26)24-22(17-9-5-3-6-10-17)18-11-7-4-8-12-18/h3-14,19-22H,15-16H2,1-2H3/p+1. The molecular weight excluding hydrogens is 336 g/mol. The molecule has 0 aromatic heterocycles. The van der Waals surface area contributed by atoms with Crippen LogP contribution in [0.3, 0.4) is 0 Å². The van der Waals surface area contributed by atoms with Crippen LogP contribution in [0.1, 0.15) is 30.0 Å². The Morgan fingerprint density at radius 1 is 0.926 bits per heavy atom. The molecule has 0 spiro atoms. The Hall–Kier alpha value is -2.59. The number of hydrogen-bond donors (Lipinski definition) is 1. The molecule has 4 nitrogen and oxygen atoms in total. The summed E-state index contributed by atoms with van der Waals surface area (Å²) in [5.74, 6) is 0. The Bertz CT molecular complexity index is 759. The van der Waals surface area contributed by atoms with Crippen LogP contribution in [-0.2, 0) is 4.74 Å². The highest BCUT2D eigenvalue weighted by Crippen LogP contribution is 2.36. The molecule has 1 fully saturated rings. The van der Waals surface area contributed by atoms with E-state index in [0.717, 1.165) is 28.5 Å². The molecule has 2 aliphatic heterocycles. The smallest absolute Gasteiger partial charge is 0.408 e. The van der Waals surface area contributed by atoms with E-state index in [4.69, 9.17) is 4.74 Å². The molecule has 2 atom stereocenters. The first-order valence-electron chi connectivity index (χ1n) is 9.63. The fourth-order valence-electron chi connectivity index (χ4n) is 4.33. The Morgan fingerprint density at radius 2 is 1.41 bits per heavy atom. The van der Waals surface area contributed by atoms with Crippen LogP contribution in [0.2, 0.25) is 0 Å². The number of carbonyl (C=O) groups is 1. The van der Waals surface area contributed by atoms with Crippen molar-refractivity contribution in [2.45, 2.75) is 37.1 Å². The molecule has 1 saturated heterocycles. The summed E-state index contributed by atoms with van der Waals surface area (Å²) < 4.78 is 6.81. The summed E-state index contributed by atoms with van der Waals surface area (Å²) in [4.78, 5) is 12.7. The first kappa shape index (κ1) is 17.8. The highest BCUT2D eigenvalue weighted by molar-refractivity contribution is 5.69. The van der Waals surface area contributed by atoms with E-state index in [-0.39, 0.29) is 18.2 Å². The summed E-state index contributed by atoms with van der Waals surface area (Å²) in [6.45, 7) is 0. The van der Waals surface area contributed by atoms with Crippen molar-refractivity contribution in [2.75, 3.05) is 14.1 Å². The van der Waals surface area contributed by atoms with Crippen LogP contribution in [-0.4, -0.2) is 42.9 Å². The number of piperidine rings is 1. The third-order valence-corrected chi connectivity index (χ3v) is 6.08. The lowest BCUT2D eigenvalue weighted by atomic mass is 9.97. The number of likely N-dealkylation sites (N-methyl/N-ethyl adjacent to an activating group) is 1. The lowest BCUT2D eigenvalue weighted by Gasteiger charge is -2.43. The molecule has 1 amide bonds. The minimum Gasteiger partial charge on any atom is -0.446 e. The number of hydrogen-bond acceptors (Lipinski definition) is 2. The number of nitrogens with one attached hydrogen (secondary N) is 1. The molecule has 0 radical (unpaired) electrons. The SMILES string of the molecule is C[N+]1(C)C2C=CC1CC(OC(=O)NC(c1ccccc1)c1ccccc1)C2. The number of nitrogens with zero attached hydrogens (tertiary/aromatic N) is 1. The predicted molar refractivity (Wildman–Crippen MR) is 106 cm³/mol. The van der Waals surface area contributed by atoms with E-state index in [1.54, 1.807) is 0 Å². The summed E-state index contributed by atoms with van der Waals surface area (Å²) >= 11 is 0. The third kappa shape index (κ3) is 3.62. The van der Waals surface area contributed by atoms with Gasteiger partial charge in [-0.05, 0) is 23.3 Å². The molecule has 2 heterocycles. The summed E-state index contributed by atoms with van der Waals surface area (Å²) in [6.07, 6.45) is 5.95. The molecular formula is C23H27N2O2+. The second kappa shape index (κ2) is 7.20. The monoisotopic (exact) mass is 363 g/mol. The van der Waals surface area contributed by atoms with Crippen molar-refractivity contribution in [1.29, 1.82) is 0 Å². The minimum atomic E-state index is -0.343. The van der Waals surface area contributed by atoms with Gasteiger partial charge in [0.1, 0.15) is 18.2 Å². The zero-order valence-electron chi connectivity index (χ0n) is 15.9. The Balaban J connectivity index is 1.45. The summed E-state index contributed by atoms with van der Waals surface area (Å²) in [6, 6.07) is 20.7. The Kier molecular flexibility index (Phi) is 4.75. The molecule has 140 valence electrons. The van der Waals surface area contributed by atoms with Crippen molar-refractivity contribution in [2.24, 2.45) is 0 Å². The van der Waals surface area contributed by atoms with E-state index < -0.39 is 0 Å². The number of fused-ring (bicyclic) bond motifs is 2. The zero-order chi connectivity index (χ0) is 18.9. The lowest BCUT2D eigenvalue weighted by Crippen LogP contribution is -2.57. The van der Waals surface area contributed by atoms with Crippen LogP contribution in [0.5, 0.6) is 0 Å². The van der Waals surface area contributed by atoms with Crippen molar-refractivity contribution < 1.29 is 14.0 Å². The van der Waals surface area contributed by atoms with Gasteiger partial charge in [0, 0.05) is 12.8 Å². The average Bonchev–Trinajstić information content (AvgIpc) is 2.85. The first-order chi connectivity index (χ1) is 13.0. The van der Waals surface area contributed by atoms with Gasteiger partial charge in [-0.1, -0.05) is 60.7 Å². The van der Waals surface area contributed by atoms with Crippen LogP contribution in [0.4, 0.5) is 4.79 Å². The summed E-state index contributed by atoms with van der Waals surface area (Å²) in [5, 5.41) is 3.08. The molecule has 2 aromatic rings. The van der Waals surface area contributed by atoms with Gasteiger partial charge in [-0.2, -0.15) is 0 Å². The fraction of sp³-hybridized carbons (Fsp3) is 0.348. The van der Waals surface area contributed by atoms with Gasteiger partial charge >= 0.3 is 6.09 Å². The number of carbonyl (C=O) groups excluding carboxylic acids is 1. The number of amides is 1. The van der Waals surface area contributed by atoms with Crippen molar-refractivity contribution >= 4 is 6.09 Å². The van der Waals surface area contributed by atoms with Crippen LogP contribution < -0.4 is 5.32 Å². The number of benzene rings is 2. The normalized spacial score (nSPS) is 25.4. The average molecular weight is 363 g/mol. The van der Waals surface area contributed by atoms with Crippen molar-refractivity contribution in [3.8, 4) is 0 Å². The van der Waals surface area contributed by atoms with Gasteiger partial charge in [0.25, 0.3) is 0 Å². The number of alkyl carbamates (subject to hydrolysis) is 1. The first-order valence-corrected chi connectivity index (χ1v) is 9.63. The predicted octanol–water partition coefficient (Wildman–Crippen LogP) is 4.05. The van der Waals surface area contributed by atoms with E-state index in [9.17, 15) is 4.79 Å². The van der Waals surface area contributed by atoms with E-state index in [1.807, 2.05) is 60.7 Å². The van der Waals surface area contributed by atoms with Crippen LogP contribution in [0.15, 0.2) is 72.8 Å². The summed E-state index contributed by atoms with van der Waals surface area (Å²) in [7, 11) is 4.51. The maximum atomic E-state index is 12.7. The van der Waals surface area contributed by atoms with Crippen molar-refractivity contribution in [1.82, 2.24) is 5.32 Å². The second-order valence-corrected chi connectivity index (χ2v) is 8.05. The molecule has 4 rings (SSSR count). The Morgan fingerprint density at radius 3 is 1.89 bits per heavy atom. The fourth-order valence-corrected chi connectivity index (χ4v) is 4.33. The van der Waals surface area contributed by atoms with Gasteiger partial charge < -0.3 is 14.5 Å². The second-order valence-electron chi connectivity index (χ2n) is 8.05. The molecule has 0 saturated carbocycles. The number of quaternary nitrogens is 1. The van der Waals surface area contributed by atoms with Gasteiger partial charge in [-0.15, -0.1) is 0 Å². The van der Waals surface area contributed by atoms with E-state index >= 15 is 0 Å². The van der Waals surface area contributed by atoms with Crippen LogP contribution in [0.25, 0.3) is 0 Å². The quantitative estimate of drug-likeness (QED) is 0.657.